The fourth-order valence-corrected chi connectivity index (χ4v) is 2.52. The standard InChI is InChI=1S/C13H11Cl3N2O3S/c1-8(14)5-9(18(19)20)3-2-4-21-13-11(15)6-10(22-17)7-12(13)16/h2-7H,17H2,1H3/b4-2+,8-5+,9-3+. The summed E-state index contributed by atoms with van der Waals surface area (Å²) in [5.74, 6) is 0.234. The minimum absolute atomic E-state index is 0.181. The Morgan fingerprint density at radius 1 is 1.41 bits per heavy atom. The molecule has 1 aromatic carbocycles. The van der Waals surface area contributed by atoms with E-state index < -0.39 is 4.92 Å². The zero-order valence-electron chi connectivity index (χ0n) is 11.3. The fraction of sp³-hybridized carbons (Fsp3) is 0.0769. The van der Waals surface area contributed by atoms with Crippen LogP contribution in [0.2, 0.25) is 10.0 Å². The van der Waals surface area contributed by atoms with Crippen molar-refractivity contribution in [2.75, 3.05) is 0 Å². The highest BCUT2D eigenvalue weighted by atomic mass is 35.5. The number of ether oxygens (including phenoxy) is 1. The van der Waals surface area contributed by atoms with Crippen LogP contribution in [-0.4, -0.2) is 4.92 Å². The number of halogens is 3. The van der Waals surface area contributed by atoms with Gasteiger partial charge in [0.25, 0.3) is 5.70 Å². The van der Waals surface area contributed by atoms with Crippen LogP contribution in [0.3, 0.4) is 0 Å². The van der Waals surface area contributed by atoms with Crippen LogP contribution in [0.1, 0.15) is 6.92 Å². The third-order valence-electron chi connectivity index (χ3n) is 2.20. The number of nitrogens with two attached hydrogens (primary N) is 1. The molecule has 0 aliphatic rings. The normalized spacial score (nSPS) is 12.8. The monoisotopic (exact) mass is 380 g/mol. The molecule has 0 aliphatic carbocycles. The maximum absolute atomic E-state index is 10.8. The zero-order chi connectivity index (χ0) is 16.7. The molecule has 1 rings (SSSR count). The SMILES string of the molecule is C\C(Cl)=C/C(=C\C=C\Oc1c(Cl)cc(SN)cc1Cl)[N+](=O)[O-]. The molecular weight excluding hydrogens is 371 g/mol. The second kappa shape index (κ2) is 9.07. The molecule has 0 fully saturated rings. The fourth-order valence-electron chi connectivity index (χ4n) is 1.33. The highest BCUT2D eigenvalue weighted by Gasteiger charge is 2.09. The summed E-state index contributed by atoms with van der Waals surface area (Å²) in [7, 11) is 0. The molecule has 0 aliphatic heterocycles. The Balaban J connectivity index is 2.90. The van der Waals surface area contributed by atoms with E-state index in [0.717, 1.165) is 11.9 Å². The van der Waals surface area contributed by atoms with E-state index in [1.807, 2.05) is 0 Å². The third-order valence-corrected chi connectivity index (χ3v) is 3.38. The number of nitrogens with zero attached hydrogens (tertiary/aromatic N) is 1. The summed E-state index contributed by atoms with van der Waals surface area (Å²) in [5.41, 5.74) is -0.181. The third kappa shape index (κ3) is 5.90. The van der Waals surface area contributed by atoms with Gasteiger partial charge in [0.1, 0.15) is 0 Å². The van der Waals surface area contributed by atoms with Crippen molar-refractivity contribution in [2.24, 2.45) is 5.14 Å². The predicted octanol–water partition coefficient (Wildman–Crippen LogP) is 5.15. The van der Waals surface area contributed by atoms with E-state index in [1.165, 1.54) is 31.4 Å². The van der Waals surface area contributed by atoms with E-state index in [1.54, 1.807) is 12.1 Å². The van der Waals surface area contributed by atoms with Crippen molar-refractivity contribution < 1.29 is 9.66 Å². The van der Waals surface area contributed by atoms with Gasteiger partial charge in [0, 0.05) is 22.1 Å². The van der Waals surface area contributed by atoms with Crippen LogP contribution >= 0.6 is 46.8 Å². The molecule has 0 bridgehead atoms. The van der Waals surface area contributed by atoms with Crippen molar-refractivity contribution in [2.45, 2.75) is 11.8 Å². The molecule has 0 amide bonds. The van der Waals surface area contributed by atoms with Gasteiger partial charge in [-0.25, -0.2) is 0 Å². The lowest BCUT2D eigenvalue weighted by atomic mass is 10.3. The summed E-state index contributed by atoms with van der Waals surface area (Å²) in [5, 5.41) is 17.0. The quantitative estimate of drug-likeness (QED) is 0.242. The first-order valence-electron chi connectivity index (χ1n) is 5.72. The lowest BCUT2D eigenvalue weighted by Gasteiger charge is -2.07. The summed E-state index contributed by atoms with van der Waals surface area (Å²) in [6, 6.07) is 3.19. The average molecular weight is 382 g/mol. The van der Waals surface area contributed by atoms with Crippen molar-refractivity contribution in [3.8, 4) is 5.75 Å². The van der Waals surface area contributed by atoms with Crippen LogP contribution < -0.4 is 9.88 Å². The average Bonchev–Trinajstić information content (AvgIpc) is 2.43. The van der Waals surface area contributed by atoms with E-state index >= 15 is 0 Å². The number of allylic oxidation sites excluding steroid dienone is 4. The molecule has 118 valence electrons. The minimum Gasteiger partial charge on any atom is -0.462 e. The van der Waals surface area contributed by atoms with Crippen molar-refractivity contribution in [1.82, 2.24) is 0 Å². The number of rotatable bonds is 6. The highest BCUT2D eigenvalue weighted by Crippen LogP contribution is 2.36. The van der Waals surface area contributed by atoms with Gasteiger partial charge in [0.2, 0.25) is 0 Å². The molecule has 0 radical (unpaired) electrons. The Labute approximate surface area is 146 Å². The van der Waals surface area contributed by atoms with Gasteiger partial charge in [0.15, 0.2) is 5.75 Å². The van der Waals surface area contributed by atoms with E-state index in [9.17, 15) is 10.1 Å². The Kier molecular flexibility index (Phi) is 7.78. The van der Waals surface area contributed by atoms with Crippen LogP contribution in [0.5, 0.6) is 5.75 Å². The summed E-state index contributed by atoms with van der Waals surface area (Å²) < 4.78 is 5.29. The van der Waals surface area contributed by atoms with Crippen molar-refractivity contribution in [3.63, 3.8) is 0 Å². The predicted molar refractivity (Wildman–Crippen MR) is 91.0 cm³/mol. The van der Waals surface area contributed by atoms with Gasteiger partial charge >= 0.3 is 0 Å². The Morgan fingerprint density at radius 3 is 2.45 bits per heavy atom. The molecule has 9 heteroatoms. The van der Waals surface area contributed by atoms with Gasteiger partial charge < -0.3 is 4.74 Å². The molecule has 0 aromatic heterocycles. The number of hydrogen-bond donors (Lipinski definition) is 1. The van der Waals surface area contributed by atoms with Crippen LogP contribution in [0.15, 0.2) is 52.2 Å². The molecule has 2 N–H and O–H groups in total. The topological polar surface area (TPSA) is 78.4 Å². The molecular formula is C13H11Cl3N2O3S. The van der Waals surface area contributed by atoms with Gasteiger partial charge in [-0.05, 0) is 37.1 Å². The molecule has 0 spiro atoms. The van der Waals surface area contributed by atoms with Crippen molar-refractivity contribution in [3.05, 3.63) is 67.5 Å². The maximum atomic E-state index is 10.8. The van der Waals surface area contributed by atoms with Gasteiger partial charge in [0.05, 0.1) is 21.2 Å². The van der Waals surface area contributed by atoms with Crippen LogP contribution in [0, 0.1) is 10.1 Å². The summed E-state index contributed by atoms with van der Waals surface area (Å²) >= 11 is 18.6. The minimum atomic E-state index is -0.566. The lowest BCUT2D eigenvalue weighted by molar-refractivity contribution is -0.419. The second-order valence-electron chi connectivity index (χ2n) is 3.86. The van der Waals surface area contributed by atoms with Gasteiger partial charge in [-0.2, -0.15) is 0 Å². The number of nitro groups is 1. The Bertz CT molecular complexity index is 633. The Morgan fingerprint density at radius 2 is 2.00 bits per heavy atom. The van der Waals surface area contributed by atoms with E-state index in [2.05, 4.69) is 0 Å². The summed E-state index contributed by atoms with van der Waals surface area (Å²) in [6.45, 7) is 1.54. The molecule has 5 nitrogen and oxygen atoms in total. The van der Waals surface area contributed by atoms with Gasteiger partial charge in [-0.1, -0.05) is 34.8 Å². The zero-order valence-corrected chi connectivity index (χ0v) is 14.3. The van der Waals surface area contributed by atoms with E-state index in [-0.39, 0.29) is 21.5 Å². The molecule has 0 unspecified atom stereocenters. The number of hydrogen-bond acceptors (Lipinski definition) is 5. The number of benzene rings is 1. The molecule has 0 heterocycles. The Hall–Kier alpha value is -1.18. The summed E-state index contributed by atoms with van der Waals surface area (Å²) in [4.78, 5) is 10.9. The lowest BCUT2D eigenvalue weighted by Crippen LogP contribution is -1.95. The van der Waals surface area contributed by atoms with Gasteiger partial charge in [-0.3, -0.25) is 15.3 Å². The smallest absolute Gasteiger partial charge is 0.270 e. The van der Waals surface area contributed by atoms with Gasteiger partial charge in [-0.15, -0.1) is 0 Å². The van der Waals surface area contributed by atoms with Crippen molar-refractivity contribution >= 4 is 46.8 Å². The second-order valence-corrected chi connectivity index (χ2v) is 5.98. The molecule has 1 aromatic rings. The van der Waals surface area contributed by atoms with E-state index in [0.29, 0.717) is 9.93 Å². The van der Waals surface area contributed by atoms with Crippen LogP contribution in [0.25, 0.3) is 0 Å². The van der Waals surface area contributed by atoms with Crippen LogP contribution in [-0.2, 0) is 0 Å². The first-order valence-corrected chi connectivity index (χ1v) is 7.74. The highest BCUT2D eigenvalue weighted by molar-refractivity contribution is 7.97. The van der Waals surface area contributed by atoms with E-state index in [4.69, 9.17) is 44.7 Å². The van der Waals surface area contributed by atoms with Crippen molar-refractivity contribution in [1.29, 1.82) is 0 Å². The summed E-state index contributed by atoms with van der Waals surface area (Å²) in [6.07, 6.45) is 5.02. The van der Waals surface area contributed by atoms with Crippen LogP contribution in [0.4, 0.5) is 0 Å². The first kappa shape index (κ1) is 18.9. The molecule has 0 saturated carbocycles. The maximum Gasteiger partial charge on any atom is 0.270 e. The molecule has 0 saturated heterocycles. The molecule has 22 heavy (non-hydrogen) atoms. The molecule has 0 atom stereocenters. The first-order chi connectivity index (χ1) is 10.3. The largest absolute Gasteiger partial charge is 0.462 e.